The van der Waals surface area contributed by atoms with E-state index in [2.05, 4.69) is 137 Å². The molecule has 0 spiro atoms. The lowest BCUT2D eigenvalue weighted by molar-refractivity contribution is -0.137. The lowest BCUT2D eigenvalue weighted by atomic mass is 9.94. The summed E-state index contributed by atoms with van der Waals surface area (Å²) in [7, 11) is 0. The summed E-state index contributed by atoms with van der Waals surface area (Å²) in [5.74, 6) is 0. The second kappa shape index (κ2) is 16.2. The fourth-order valence-corrected chi connectivity index (χ4v) is 10.1. The highest BCUT2D eigenvalue weighted by Crippen LogP contribution is 2.48. The van der Waals surface area contributed by atoms with E-state index in [9.17, 15) is 5.26 Å². The number of rotatable bonds is 7. The van der Waals surface area contributed by atoms with Crippen molar-refractivity contribution in [3.05, 3.63) is 242 Å². The van der Waals surface area contributed by atoms with Crippen molar-refractivity contribution in [3.63, 3.8) is 0 Å². The molecule has 0 radical (unpaired) electrons. The molecule has 2 heterocycles. The van der Waals surface area contributed by atoms with Gasteiger partial charge in [-0.25, -0.2) is 0 Å². The minimum absolute atomic E-state index is 0.0102. The van der Waals surface area contributed by atoms with Crippen LogP contribution >= 0.6 is 0 Å². The summed E-state index contributed by atoms with van der Waals surface area (Å²) in [5.41, 5.74) is 12.2. The van der Waals surface area contributed by atoms with E-state index in [1.54, 1.807) is 18.2 Å². The second-order valence-electron chi connectivity index (χ2n) is 17.1. The molecule has 0 atom stereocenters. The zero-order valence-corrected chi connectivity index (χ0v) is 36.4. The topological polar surface area (TPSA) is 33.6 Å². The smallest absolute Gasteiger partial charge is 0.307 e. The first kappa shape index (κ1) is 40.6. The van der Waals surface area contributed by atoms with Crippen LogP contribution in [0, 0.1) is 11.3 Å². The van der Waals surface area contributed by atoms with Crippen LogP contribution in [0.5, 0.6) is 0 Å². The van der Waals surface area contributed by atoms with Crippen molar-refractivity contribution in [2.75, 3.05) is 0 Å². The fourth-order valence-electron chi connectivity index (χ4n) is 10.1. The normalized spacial score (nSPS) is 11.7. The van der Waals surface area contributed by atoms with Gasteiger partial charge in [-0.3, -0.25) is 0 Å². The Kier molecular flexibility index (Phi) is 9.67. The highest BCUT2D eigenvalue weighted by Gasteiger charge is 2.35. The second-order valence-corrected chi connectivity index (χ2v) is 17.1. The van der Waals surface area contributed by atoms with Crippen LogP contribution in [0.25, 0.3) is 111 Å². The summed E-state index contributed by atoms with van der Waals surface area (Å²) in [6.45, 7) is 0. The van der Waals surface area contributed by atoms with Gasteiger partial charge in [-0.15, -0.1) is 0 Å². The first-order valence-electron chi connectivity index (χ1n) is 22.5. The summed E-state index contributed by atoms with van der Waals surface area (Å²) in [5, 5.41) is 15.0. The summed E-state index contributed by atoms with van der Waals surface area (Å²) >= 11 is 0. The molecule has 0 N–H and O–H groups in total. The van der Waals surface area contributed by atoms with Crippen molar-refractivity contribution in [1.82, 2.24) is 9.13 Å². The Balaban J connectivity index is 1.25. The molecule has 0 aliphatic carbocycles. The number of alkyl halides is 3. The Morgan fingerprint density at radius 2 is 0.662 bits per heavy atom. The molecule has 3 nitrogen and oxygen atoms in total. The van der Waals surface area contributed by atoms with Gasteiger partial charge in [0, 0.05) is 27.1 Å². The van der Waals surface area contributed by atoms with Crippen LogP contribution in [0.3, 0.4) is 0 Å². The van der Waals surface area contributed by atoms with Gasteiger partial charge in [0.2, 0.25) is 0 Å². The standard InChI is InChI=1S/C62H38F3N3/c63-62(64,65)55-24-14-13-23-49(55)50-30-25-48(39-66)60(67-56-31-26-44(40-15-5-1-6-16-40)35-51(56)52-36-45(27-32-57(52)67)41-17-7-2-8-18-41)61(50)68-58-33-28-46(42-19-9-3-10-20-42)37-53(58)54-38-47(29-34-59(54)68)43-21-11-4-12-22-43/h1-38H. The Hall–Kier alpha value is -8.92. The maximum absolute atomic E-state index is 15.4. The molecular formula is C62H38F3N3. The largest absolute Gasteiger partial charge is 0.417 e. The average Bonchev–Trinajstić information content (AvgIpc) is 3.89. The minimum Gasteiger partial charge on any atom is -0.307 e. The highest BCUT2D eigenvalue weighted by atomic mass is 19.4. The Morgan fingerprint density at radius 3 is 1.01 bits per heavy atom. The first-order chi connectivity index (χ1) is 33.3. The summed E-state index contributed by atoms with van der Waals surface area (Å²) in [6, 6.07) is 77.6. The molecule has 0 aliphatic rings. The summed E-state index contributed by atoms with van der Waals surface area (Å²) < 4.78 is 50.2. The van der Waals surface area contributed by atoms with Gasteiger partial charge in [0.15, 0.2) is 0 Å². The number of nitriles is 1. The third kappa shape index (κ3) is 6.75. The lowest BCUT2D eigenvalue weighted by Gasteiger charge is -2.23. The monoisotopic (exact) mass is 881 g/mol. The molecule has 322 valence electrons. The Labute approximate surface area is 390 Å². The molecule has 2 aromatic heterocycles. The molecule has 0 unspecified atom stereocenters. The molecule has 0 aliphatic heterocycles. The van der Waals surface area contributed by atoms with Gasteiger partial charge in [0.1, 0.15) is 6.07 Å². The van der Waals surface area contributed by atoms with Crippen molar-refractivity contribution in [1.29, 1.82) is 5.26 Å². The first-order valence-corrected chi connectivity index (χ1v) is 22.5. The summed E-state index contributed by atoms with van der Waals surface area (Å²) in [4.78, 5) is 0. The number of fused-ring (bicyclic) bond motifs is 6. The van der Waals surface area contributed by atoms with Gasteiger partial charge in [0.25, 0.3) is 0 Å². The van der Waals surface area contributed by atoms with Crippen LogP contribution in [0.2, 0.25) is 0 Å². The van der Waals surface area contributed by atoms with Crippen LogP contribution < -0.4 is 0 Å². The predicted octanol–water partition coefficient (Wildman–Crippen LogP) is 17.1. The number of nitrogens with zero attached hydrogens (tertiary/aromatic N) is 3. The van der Waals surface area contributed by atoms with Crippen molar-refractivity contribution in [2.24, 2.45) is 0 Å². The Bertz CT molecular complexity index is 3740. The minimum atomic E-state index is -4.67. The molecule has 0 bridgehead atoms. The SMILES string of the molecule is N#Cc1ccc(-c2ccccc2C(F)(F)F)c(-n2c3ccc(-c4ccccc4)cc3c3cc(-c4ccccc4)ccc32)c1-n1c2ccc(-c3ccccc3)cc2c2cc(-c3ccccc3)ccc21. The molecule has 6 heteroatoms. The van der Waals surface area contributed by atoms with Gasteiger partial charge >= 0.3 is 6.18 Å². The van der Waals surface area contributed by atoms with Crippen LogP contribution in [0.15, 0.2) is 231 Å². The number of hydrogen-bond donors (Lipinski definition) is 0. The fraction of sp³-hybridized carbons (Fsp3) is 0.0161. The molecule has 0 saturated carbocycles. The van der Waals surface area contributed by atoms with Crippen LogP contribution in [0.4, 0.5) is 13.2 Å². The van der Waals surface area contributed by atoms with Gasteiger partial charge < -0.3 is 9.13 Å². The van der Waals surface area contributed by atoms with Gasteiger partial charge in [-0.2, -0.15) is 18.4 Å². The van der Waals surface area contributed by atoms with E-state index in [1.807, 2.05) is 72.8 Å². The third-order valence-electron chi connectivity index (χ3n) is 13.2. The van der Waals surface area contributed by atoms with Crippen molar-refractivity contribution in [2.45, 2.75) is 6.18 Å². The van der Waals surface area contributed by atoms with E-state index < -0.39 is 11.7 Å². The van der Waals surface area contributed by atoms with Gasteiger partial charge in [0.05, 0.1) is 44.6 Å². The number of halogens is 3. The van der Waals surface area contributed by atoms with E-state index in [0.29, 0.717) is 22.5 Å². The van der Waals surface area contributed by atoms with Crippen molar-refractivity contribution < 1.29 is 13.2 Å². The molecule has 0 amide bonds. The highest BCUT2D eigenvalue weighted by molar-refractivity contribution is 6.15. The zero-order chi connectivity index (χ0) is 45.9. The van der Waals surface area contributed by atoms with Crippen molar-refractivity contribution >= 4 is 43.6 Å². The quantitative estimate of drug-likeness (QED) is 0.157. The van der Waals surface area contributed by atoms with Gasteiger partial charge in [-0.1, -0.05) is 170 Å². The maximum Gasteiger partial charge on any atom is 0.417 e. The Morgan fingerprint density at radius 1 is 0.324 bits per heavy atom. The zero-order valence-electron chi connectivity index (χ0n) is 36.4. The number of aromatic nitrogens is 2. The van der Waals surface area contributed by atoms with Gasteiger partial charge in [-0.05, 0) is 111 Å². The number of hydrogen-bond acceptors (Lipinski definition) is 1. The van der Waals surface area contributed by atoms with E-state index in [1.165, 1.54) is 12.1 Å². The molecule has 68 heavy (non-hydrogen) atoms. The van der Waals surface area contributed by atoms with Crippen LogP contribution in [-0.2, 0) is 6.18 Å². The van der Waals surface area contributed by atoms with E-state index in [-0.39, 0.29) is 5.56 Å². The molecule has 10 aromatic carbocycles. The molecule has 12 aromatic rings. The van der Waals surface area contributed by atoms with E-state index in [0.717, 1.165) is 94.2 Å². The molecule has 0 fully saturated rings. The number of benzene rings is 10. The van der Waals surface area contributed by atoms with Crippen LogP contribution in [-0.4, -0.2) is 9.13 Å². The molecular weight excluding hydrogens is 844 g/mol. The van der Waals surface area contributed by atoms with E-state index >= 15 is 13.2 Å². The lowest BCUT2D eigenvalue weighted by Crippen LogP contribution is -2.11. The summed E-state index contributed by atoms with van der Waals surface area (Å²) in [6.07, 6.45) is -4.67. The molecule has 12 rings (SSSR count). The predicted molar refractivity (Wildman–Crippen MR) is 272 cm³/mol. The maximum atomic E-state index is 15.4. The van der Waals surface area contributed by atoms with Crippen LogP contribution in [0.1, 0.15) is 11.1 Å². The molecule has 0 saturated heterocycles. The average molecular weight is 882 g/mol. The van der Waals surface area contributed by atoms with Crippen molar-refractivity contribution in [3.8, 4) is 73.1 Å². The third-order valence-corrected chi connectivity index (χ3v) is 13.2. The van der Waals surface area contributed by atoms with E-state index in [4.69, 9.17) is 0 Å².